The molecule has 4 heterocycles. The minimum atomic E-state index is -0.694. The Morgan fingerprint density at radius 2 is 1.57 bits per heavy atom. The quantitative estimate of drug-likeness (QED) is 0.0581. The van der Waals surface area contributed by atoms with Gasteiger partial charge in [-0.2, -0.15) is 4.89 Å². The maximum atomic E-state index is 13.6. The Labute approximate surface area is 315 Å². The average molecular weight is 737 g/mol. The van der Waals surface area contributed by atoms with Crippen LogP contribution >= 0.6 is 0 Å². The standard InChI is InChI=1S/C40H48N8O6/c1-24(2)34(42-23-54-53-6)38(49)48-20-8-10-33(48)37-44-30-18-16-28(21-31(30)45-37)27-14-11-26(12-15-27)13-17-29-22-41-36(43-29)32-9-7-19-47(32)39(50)35(25(3)4)46-40(51)52-5/h11-12,14-16,18,21-25,32-35H,7-10,19-20H2,1-6H3,(H,41,43)(H,44,45)(H,46,51)/t32-,33-,34-,35-/m0/s1. The van der Waals surface area contributed by atoms with Crippen LogP contribution in [0.5, 0.6) is 0 Å². The fraction of sp³-hybridized carbons (Fsp3) is 0.450. The number of nitrogens with one attached hydrogen (secondary N) is 3. The van der Waals surface area contributed by atoms with E-state index in [0.717, 1.165) is 59.2 Å². The maximum Gasteiger partial charge on any atom is 0.407 e. The molecule has 0 radical (unpaired) electrons. The molecule has 0 saturated carbocycles. The molecule has 0 bridgehead atoms. The van der Waals surface area contributed by atoms with Gasteiger partial charge < -0.3 is 34.7 Å². The molecular formula is C40H48N8O6. The second kappa shape index (κ2) is 17.0. The lowest BCUT2D eigenvalue weighted by Gasteiger charge is -2.29. The van der Waals surface area contributed by atoms with E-state index in [-0.39, 0.29) is 35.7 Å². The summed E-state index contributed by atoms with van der Waals surface area (Å²) in [6.07, 6.45) is 5.54. The van der Waals surface area contributed by atoms with Gasteiger partial charge in [0.05, 0.1) is 43.5 Å². The van der Waals surface area contributed by atoms with E-state index < -0.39 is 18.2 Å². The third-order valence-electron chi connectivity index (χ3n) is 10.00. The molecule has 2 aromatic heterocycles. The number of methoxy groups -OCH3 is 1. The zero-order valence-electron chi connectivity index (χ0n) is 31.6. The van der Waals surface area contributed by atoms with E-state index in [1.807, 2.05) is 69.0 Å². The number of alkyl carbamates (subject to hydrolysis) is 1. The van der Waals surface area contributed by atoms with E-state index in [1.54, 1.807) is 11.1 Å². The Bertz CT molecular complexity index is 2040. The summed E-state index contributed by atoms with van der Waals surface area (Å²) in [5.74, 6) is 7.48. The van der Waals surface area contributed by atoms with Crippen molar-refractivity contribution in [1.82, 2.24) is 35.1 Å². The molecule has 14 nitrogen and oxygen atoms in total. The number of rotatable bonds is 11. The predicted molar refractivity (Wildman–Crippen MR) is 203 cm³/mol. The highest BCUT2D eigenvalue weighted by Crippen LogP contribution is 2.34. The highest BCUT2D eigenvalue weighted by atomic mass is 17.2. The fourth-order valence-corrected chi connectivity index (χ4v) is 7.15. The van der Waals surface area contributed by atoms with Crippen molar-refractivity contribution in [3.8, 4) is 23.0 Å². The Morgan fingerprint density at radius 3 is 2.24 bits per heavy atom. The number of benzene rings is 2. The first-order valence-corrected chi connectivity index (χ1v) is 18.4. The van der Waals surface area contributed by atoms with Crippen LogP contribution in [-0.4, -0.2) is 93.4 Å². The number of carbonyl (C=O) groups excluding carboxylic acids is 3. The first-order valence-electron chi connectivity index (χ1n) is 18.4. The Morgan fingerprint density at radius 1 is 0.889 bits per heavy atom. The zero-order valence-corrected chi connectivity index (χ0v) is 31.6. The molecule has 2 saturated heterocycles. The Kier molecular flexibility index (Phi) is 12.0. The Hall–Kier alpha value is -5.68. The number of fused-ring (bicyclic) bond motifs is 1. The molecule has 0 spiro atoms. The molecule has 2 aromatic carbocycles. The molecule has 14 heteroatoms. The van der Waals surface area contributed by atoms with Crippen LogP contribution in [0.1, 0.15) is 88.4 Å². The molecule has 0 aliphatic carbocycles. The minimum absolute atomic E-state index is 0.0149. The van der Waals surface area contributed by atoms with Crippen molar-refractivity contribution in [3.05, 3.63) is 71.6 Å². The first kappa shape index (κ1) is 38.1. The highest BCUT2D eigenvalue weighted by molar-refractivity contribution is 5.87. The van der Waals surface area contributed by atoms with Crippen molar-refractivity contribution in [2.75, 3.05) is 27.3 Å². The summed E-state index contributed by atoms with van der Waals surface area (Å²) in [5.41, 5.74) is 5.29. The van der Waals surface area contributed by atoms with Crippen molar-refractivity contribution in [1.29, 1.82) is 0 Å². The number of aliphatic imine (C=N–C) groups is 1. The van der Waals surface area contributed by atoms with Gasteiger partial charge >= 0.3 is 6.09 Å². The van der Waals surface area contributed by atoms with Crippen LogP contribution < -0.4 is 5.32 Å². The van der Waals surface area contributed by atoms with Crippen molar-refractivity contribution >= 4 is 35.3 Å². The summed E-state index contributed by atoms with van der Waals surface area (Å²) in [6.45, 7) is 8.93. The number of nitrogens with zero attached hydrogens (tertiary/aromatic N) is 5. The number of aromatic amines is 2. The number of imidazole rings is 2. The van der Waals surface area contributed by atoms with Gasteiger partial charge in [-0.05, 0) is 78.8 Å². The number of likely N-dealkylation sites (tertiary alicyclic amines) is 2. The number of amides is 3. The van der Waals surface area contributed by atoms with Crippen molar-refractivity contribution < 1.29 is 28.9 Å². The molecular weight excluding hydrogens is 688 g/mol. The lowest BCUT2D eigenvalue weighted by atomic mass is 10.0. The van der Waals surface area contributed by atoms with Crippen molar-refractivity contribution in [2.45, 2.75) is 77.5 Å². The third kappa shape index (κ3) is 8.42. The molecule has 2 aliphatic rings. The summed E-state index contributed by atoms with van der Waals surface area (Å²) < 4.78 is 4.74. The van der Waals surface area contributed by atoms with Gasteiger partial charge in [0.2, 0.25) is 18.2 Å². The Balaban J connectivity index is 1.12. The van der Waals surface area contributed by atoms with E-state index in [2.05, 4.69) is 48.1 Å². The molecule has 284 valence electrons. The summed E-state index contributed by atoms with van der Waals surface area (Å²) in [4.78, 5) is 72.5. The maximum absolute atomic E-state index is 13.6. The molecule has 3 amide bonds. The van der Waals surface area contributed by atoms with Gasteiger partial charge in [-0.1, -0.05) is 51.8 Å². The van der Waals surface area contributed by atoms with Gasteiger partial charge in [-0.15, -0.1) is 0 Å². The van der Waals surface area contributed by atoms with Gasteiger partial charge in [-0.3, -0.25) is 9.59 Å². The molecule has 3 N–H and O–H groups in total. The molecule has 4 atom stereocenters. The molecule has 2 fully saturated rings. The number of ether oxygens (including phenoxy) is 1. The highest BCUT2D eigenvalue weighted by Gasteiger charge is 2.38. The molecule has 0 unspecified atom stereocenters. The monoisotopic (exact) mass is 736 g/mol. The molecule has 4 aromatic rings. The summed E-state index contributed by atoms with van der Waals surface area (Å²) >= 11 is 0. The number of H-pyrrole nitrogens is 2. The van der Waals surface area contributed by atoms with Gasteiger partial charge in [0.1, 0.15) is 29.4 Å². The minimum Gasteiger partial charge on any atom is -0.453 e. The van der Waals surface area contributed by atoms with Crippen LogP contribution in [0.25, 0.3) is 22.2 Å². The number of aromatic nitrogens is 4. The molecule has 54 heavy (non-hydrogen) atoms. The van der Waals surface area contributed by atoms with Crippen LogP contribution in [0.15, 0.2) is 53.7 Å². The van der Waals surface area contributed by atoms with Crippen molar-refractivity contribution in [3.63, 3.8) is 0 Å². The summed E-state index contributed by atoms with van der Waals surface area (Å²) in [6, 6.07) is 12.5. The molecule has 2 aliphatic heterocycles. The topological polar surface area (TPSA) is 167 Å². The fourth-order valence-electron chi connectivity index (χ4n) is 7.15. The first-order chi connectivity index (χ1) is 26.1. The zero-order chi connectivity index (χ0) is 38.4. The normalized spacial score (nSPS) is 18.3. The van der Waals surface area contributed by atoms with Gasteiger partial charge in [0, 0.05) is 18.7 Å². The largest absolute Gasteiger partial charge is 0.453 e. The van der Waals surface area contributed by atoms with E-state index >= 15 is 0 Å². The summed E-state index contributed by atoms with van der Waals surface area (Å²) in [7, 11) is 2.67. The lowest BCUT2D eigenvalue weighted by Crippen LogP contribution is -2.51. The van der Waals surface area contributed by atoms with E-state index in [9.17, 15) is 14.4 Å². The SMILES string of the molecule is COOC=N[C@H](C(=O)N1CCC[C@H]1c1nc2ccc(-c3ccc(C#Cc4cnc([C@@H]5CCCN5C(=O)[C@@H](NC(=O)OC)C(C)C)[nH]4)cc3)cc2[nH]1)C(C)C. The van der Waals surface area contributed by atoms with E-state index in [1.165, 1.54) is 20.6 Å². The van der Waals surface area contributed by atoms with Crippen LogP contribution in [0.3, 0.4) is 0 Å². The van der Waals surface area contributed by atoms with Gasteiger partial charge in [0.25, 0.3) is 0 Å². The van der Waals surface area contributed by atoms with Crippen LogP contribution in [0, 0.1) is 23.7 Å². The van der Waals surface area contributed by atoms with Crippen molar-refractivity contribution in [2.24, 2.45) is 16.8 Å². The smallest absolute Gasteiger partial charge is 0.407 e. The second-order valence-electron chi connectivity index (χ2n) is 14.3. The van der Waals surface area contributed by atoms with Crippen LogP contribution in [-0.2, 0) is 24.1 Å². The van der Waals surface area contributed by atoms with E-state index in [4.69, 9.17) is 14.6 Å². The van der Waals surface area contributed by atoms with E-state index in [0.29, 0.717) is 24.6 Å². The number of hydrogen-bond acceptors (Lipinski definition) is 9. The lowest BCUT2D eigenvalue weighted by molar-refractivity contribution is -0.188. The van der Waals surface area contributed by atoms with Crippen LogP contribution in [0.2, 0.25) is 0 Å². The van der Waals surface area contributed by atoms with Crippen LogP contribution in [0.4, 0.5) is 4.79 Å². The number of hydrogen-bond donors (Lipinski definition) is 3. The number of carbonyl (C=O) groups is 3. The molecule has 6 rings (SSSR count). The summed E-state index contributed by atoms with van der Waals surface area (Å²) in [5, 5.41) is 2.68. The third-order valence-corrected chi connectivity index (χ3v) is 10.00. The van der Waals surface area contributed by atoms with Gasteiger partial charge in [-0.25, -0.2) is 19.8 Å². The predicted octanol–water partition coefficient (Wildman–Crippen LogP) is 5.69. The average Bonchev–Trinajstić information content (AvgIpc) is 4.00. The van der Waals surface area contributed by atoms with Gasteiger partial charge in [0.15, 0.2) is 0 Å². The second-order valence-corrected chi connectivity index (χ2v) is 14.3.